The number of aliphatic imine (C=N–C) groups is 1. The summed E-state index contributed by atoms with van der Waals surface area (Å²) in [5, 5.41) is 6.25. The van der Waals surface area contributed by atoms with Gasteiger partial charge in [-0.25, -0.2) is 8.42 Å². The number of nitrogens with zero attached hydrogens (tertiary/aromatic N) is 2. The van der Waals surface area contributed by atoms with Crippen LogP contribution in [0.3, 0.4) is 0 Å². The lowest BCUT2D eigenvalue weighted by atomic mass is 10.2. The minimum absolute atomic E-state index is 0. The molecule has 2 aromatic rings. The highest BCUT2D eigenvalue weighted by Gasteiger charge is 2.28. The summed E-state index contributed by atoms with van der Waals surface area (Å²) >= 11 is 0. The molecule has 2 aromatic carbocycles. The second-order valence-electron chi connectivity index (χ2n) is 6.80. The normalized spacial score (nSPS) is 13.3. The molecule has 0 spiro atoms. The van der Waals surface area contributed by atoms with Crippen LogP contribution in [-0.2, 0) is 23.0 Å². The van der Waals surface area contributed by atoms with Crippen molar-refractivity contribution in [3.63, 3.8) is 0 Å². The van der Waals surface area contributed by atoms with Gasteiger partial charge >= 0.3 is 0 Å². The number of guanidine groups is 1. The summed E-state index contributed by atoms with van der Waals surface area (Å²) in [6.45, 7) is 1.21. The first-order chi connectivity index (χ1) is 14.5. The van der Waals surface area contributed by atoms with Crippen molar-refractivity contribution in [1.29, 1.82) is 0 Å². The molecule has 0 amide bonds. The van der Waals surface area contributed by atoms with Gasteiger partial charge in [-0.1, -0.05) is 18.2 Å². The van der Waals surface area contributed by atoms with E-state index in [1.807, 2.05) is 42.5 Å². The van der Waals surface area contributed by atoms with E-state index in [9.17, 15) is 8.42 Å². The molecule has 2 N–H and O–H groups in total. The molecule has 0 aromatic heterocycles. The Kier molecular flexibility index (Phi) is 9.23. The Hall–Kier alpha value is -2.21. The molecule has 170 valence electrons. The summed E-state index contributed by atoms with van der Waals surface area (Å²) in [7, 11) is 1.44. The molecule has 0 radical (unpaired) electrons. The number of methoxy groups -OCH3 is 2. The monoisotopic (exact) mass is 560 g/mol. The van der Waals surface area contributed by atoms with E-state index in [-0.39, 0.29) is 36.3 Å². The number of fused-ring (bicyclic) bond motifs is 1. The lowest BCUT2D eigenvalue weighted by Crippen LogP contribution is -2.41. The third kappa shape index (κ3) is 6.16. The second-order valence-corrected chi connectivity index (χ2v) is 8.81. The fourth-order valence-electron chi connectivity index (χ4n) is 3.40. The number of halogens is 1. The SMILES string of the molecule is CN=C(NCCS(=O)(=O)N1CCc2ccccc21)NCc1ccc(OC)cc1OC.I. The minimum Gasteiger partial charge on any atom is -0.497 e. The summed E-state index contributed by atoms with van der Waals surface area (Å²) in [5.41, 5.74) is 2.79. The van der Waals surface area contributed by atoms with E-state index < -0.39 is 10.0 Å². The van der Waals surface area contributed by atoms with Crippen LogP contribution in [0.25, 0.3) is 0 Å². The first-order valence-electron chi connectivity index (χ1n) is 9.72. The molecule has 0 fully saturated rings. The van der Waals surface area contributed by atoms with E-state index in [1.54, 1.807) is 21.3 Å². The summed E-state index contributed by atoms with van der Waals surface area (Å²) < 4.78 is 37.7. The van der Waals surface area contributed by atoms with Crippen molar-refractivity contribution >= 4 is 45.6 Å². The Morgan fingerprint density at radius 1 is 1.13 bits per heavy atom. The molecule has 1 aliphatic heterocycles. The predicted molar refractivity (Wildman–Crippen MR) is 134 cm³/mol. The number of ether oxygens (including phenoxy) is 2. The van der Waals surface area contributed by atoms with Crippen LogP contribution in [0.15, 0.2) is 47.5 Å². The predicted octanol–water partition coefficient (Wildman–Crippen LogP) is 2.38. The number of para-hydroxylation sites is 1. The van der Waals surface area contributed by atoms with E-state index in [4.69, 9.17) is 9.47 Å². The fourth-order valence-corrected chi connectivity index (χ4v) is 4.83. The van der Waals surface area contributed by atoms with Gasteiger partial charge in [-0.15, -0.1) is 24.0 Å². The highest BCUT2D eigenvalue weighted by molar-refractivity contribution is 14.0. The fraction of sp³-hybridized carbons (Fsp3) is 0.381. The number of hydrogen-bond donors (Lipinski definition) is 2. The molecular formula is C21H29IN4O4S. The summed E-state index contributed by atoms with van der Waals surface area (Å²) in [4.78, 5) is 4.17. The van der Waals surface area contributed by atoms with E-state index in [2.05, 4.69) is 15.6 Å². The molecule has 1 aliphatic rings. The molecule has 3 rings (SSSR count). The van der Waals surface area contributed by atoms with Gasteiger partial charge in [-0.3, -0.25) is 9.30 Å². The third-order valence-corrected chi connectivity index (χ3v) is 6.77. The highest BCUT2D eigenvalue weighted by Crippen LogP contribution is 2.29. The van der Waals surface area contributed by atoms with Crippen LogP contribution in [0, 0.1) is 0 Å². The highest BCUT2D eigenvalue weighted by atomic mass is 127. The Bertz CT molecular complexity index is 1010. The van der Waals surface area contributed by atoms with Gasteiger partial charge in [0.1, 0.15) is 11.5 Å². The second kappa shape index (κ2) is 11.4. The van der Waals surface area contributed by atoms with Crippen LogP contribution in [-0.4, -0.2) is 54.5 Å². The van der Waals surface area contributed by atoms with Gasteiger partial charge in [0.2, 0.25) is 10.0 Å². The molecule has 0 atom stereocenters. The molecule has 0 saturated carbocycles. The molecule has 0 saturated heterocycles. The van der Waals surface area contributed by atoms with Crippen LogP contribution in [0.5, 0.6) is 11.5 Å². The van der Waals surface area contributed by atoms with Gasteiger partial charge < -0.3 is 20.1 Å². The molecule has 8 nitrogen and oxygen atoms in total. The largest absolute Gasteiger partial charge is 0.497 e. The Morgan fingerprint density at radius 2 is 1.90 bits per heavy atom. The number of anilines is 1. The molecule has 0 aliphatic carbocycles. The average molecular weight is 560 g/mol. The van der Waals surface area contributed by atoms with E-state index in [0.717, 1.165) is 23.2 Å². The topological polar surface area (TPSA) is 92.3 Å². The van der Waals surface area contributed by atoms with Crippen LogP contribution < -0.4 is 24.4 Å². The molecule has 31 heavy (non-hydrogen) atoms. The van der Waals surface area contributed by atoms with Gasteiger partial charge in [0, 0.05) is 38.3 Å². The van der Waals surface area contributed by atoms with Crippen molar-refractivity contribution in [2.75, 3.05) is 44.4 Å². The number of benzene rings is 2. The maximum absolute atomic E-state index is 12.8. The number of sulfonamides is 1. The molecule has 0 bridgehead atoms. The van der Waals surface area contributed by atoms with Crippen molar-refractivity contribution in [2.45, 2.75) is 13.0 Å². The van der Waals surface area contributed by atoms with Crippen LogP contribution in [0.2, 0.25) is 0 Å². The Morgan fingerprint density at radius 3 is 2.61 bits per heavy atom. The van der Waals surface area contributed by atoms with Crippen molar-refractivity contribution in [3.8, 4) is 11.5 Å². The molecule has 0 unspecified atom stereocenters. The van der Waals surface area contributed by atoms with Gasteiger partial charge in [-0.2, -0.15) is 0 Å². The number of hydrogen-bond acceptors (Lipinski definition) is 5. The molecule has 10 heteroatoms. The number of nitrogens with one attached hydrogen (secondary N) is 2. The zero-order chi connectivity index (χ0) is 21.6. The zero-order valence-corrected chi connectivity index (χ0v) is 21.1. The van der Waals surface area contributed by atoms with E-state index in [1.165, 1.54) is 4.31 Å². The minimum atomic E-state index is -3.41. The van der Waals surface area contributed by atoms with Crippen molar-refractivity contribution in [3.05, 3.63) is 53.6 Å². The van der Waals surface area contributed by atoms with E-state index >= 15 is 0 Å². The third-order valence-electron chi connectivity index (χ3n) is 5.00. The average Bonchev–Trinajstić information content (AvgIpc) is 3.21. The van der Waals surface area contributed by atoms with Gasteiger partial charge in [0.25, 0.3) is 0 Å². The maximum atomic E-state index is 12.8. The molecular weight excluding hydrogens is 531 g/mol. The quantitative estimate of drug-likeness (QED) is 0.293. The first kappa shape index (κ1) is 25.1. The van der Waals surface area contributed by atoms with Crippen LogP contribution >= 0.6 is 24.0 Å². The molecule has 1 heterocycles. The summed E-state index contributed by atoms with van der Waals surface area (Å²) in [6.07, 6.45) is 0.746. The Labute approximate surface area is 201 Å². The summed E-state index contributed by atoms with van der Waals surface area (Å²) in [6, 6.07) is 13.2. The van der Waals surface area contributed by atoms with Gasteiger partial charge in [0.05, 0.1) is 25.7 Å². The maximum Gasteiger partial charge on any atom is 0.236 e. The number of rotatable bonds is 8. The lowest BCUT2D eigenvalue weighted by Gasteiger charge is -2.20. The van der Waals surface area contributed by atoms with Crippen molar-refractivity contribution in [1.82, 2.24) is 10.6 Å². The van der Waals surface area contributed by atoms with E-state index in [0.29, 0.717) is 30.5 Å². The standard InChI is InChI=1S/C21H28N4O4S.HI/c1-22-21(24-15-17-8-9-18(28-2)14-20(17)29-3)23-11-13-30(26,27)25-12-10-16-6-4-5-7-19(16)25;/h4-9,14H,10-13,15H2,1-3H3,(H2,22,23,24);1H. The smallest absolute Gasteiger partial charge is 0.236 e. The van der Waals surface area contributed by atoms with Crippen molar-refractivity contribution < 1.29 is 17.9 Å². The summed E-state index contributed by atoms with van der Waals surface area (Å²) in [5.74, 6) is 1.91. The lowest BCUT2D eigenvalue weighted by molar-refractivity contribution is 0.390. The van der Waals surface area contributed by atoms with Gasteiger partial charge in [-0.05, 0) is 30.2 Å². The Balaban J connectivity index is 0.00000341. The van der Waals surface area contributed by atoms with Crippen LogP contribution in [0.4, 0.5) is 5.69 Å². The van der Waals surface area contributed by atoms with Gasteiger partial charge in [0.15, 0.2) is 5.96 Å². The first-order valence-corrected chi connectivity index (χ1v) is 11.3. The van der Waals surface area contributed by atoms with Crippen molar-refractivity contribution in [2.24, 2.45) is 4.99 Å². The van der Waals surface area contributed by atoms with Crippen LogP contribution in [0.1, 0.15) is 11.1 Å². The zero-order valence-electron chi connectivity index (χ0n) is 17.9.